The first-order chi connectivity index (χ1) is 17.3. The molecule has 5 rings (SSSR count). The van der Waals surface area contributed by atoms with Crippen molar-refractivity contribution in [2.75, 3.05) is 26.5 Å². The molecule has 0 atom stereocenters. The highest BCUT2D eigenvalue weighted by Gasteiger charge is 2.31. The summed E-state index contributed by atoms with van der Waals surface area (Å²) in [5, 5.41) is 14.4. The van der Waals surface area contributed by atoms with Crippen LogP contribution in [-0.4, -0.2) is 59.2 Å². The minimum atomic E-state index is -3.22. The first-order valence-corrected chi connectivity index (χ1v) is 13.8. The predicted octanol–water partition coefficient (Wildman–Crippen LogP) is 5.04. The molecule has 1 aliphatic rings. The summed E-state index contributed by atoms with van der Waals surface area (Å²) < 4.78 is 38.7. The number of halogens is 2. The summed E-state index contributed by atoms with van der Waals surface area (Å²) in [7, 11) is -1.67. The largest absolute Gasteiger partial charge is 0.492 e. The fraction of sp³-hybridized carbons (Fsp3) is 0.292. The van der Waals surface area contributed by atoms with E-state index in [0.717, 1.165) is 5.56 Å². The zero-order valence-electron chi connectivity index (χ0n) is 19.6. The normalized spacial score (nSPS) is 15.3. The molecule has 0 bridgehead atoms. The van der Waals surface area contributed by atoms with E-state index in [1.165, 1.54) is 10.6 Å². The Labute approximate surface area is 218 Å². The van der Waals surface area contributed by atoms with Crippen LogP contribution in [0.5, 0.6) is 5.75 Å². The van der Waals surface area contributed by atoms with Gasteiger partial charge in [0.1, 0.15) is 5.69 Å². The second-order valence-corrected chi connectivity index (χ2v) is 11.3. The zero-order chi connectivity index (χ0) is 25.4. The van der Waals surface area contributed by atoms with E-state index in [1.807, 2.05) is 30.3 Å². The molecule has 4 aromatic rings. The Morgan fingerprint density at radius 1 is 1.03 bits per heavy atom. The number of rotatable bonds is 6. The molecule has 36 heavy (non-hydrogen) atoms. The van der Waals surface area contributed by atoms with Gasteiger partial charge in [0.25, 0.3) is 5.89 Å². The van der Waals surface area contributed by atoms with E-state index in [1.54, 1.807) is 30.0 Å². The molecule has 3 heterocycles. The summed E-state index contributed by atoms with van der Waals surface area (Å²) in [4.78, 5) is 0. The summed E-state index contributed by atoms with van der Waals surface area (Å²) in [5.41, 5.74) is 2.48. The van der Waals surface area contributed by atoms with Crippen LogP contribution in [0, 0.1) is 0 Å². The number of nitrogens with zero attached hydrogens (tertiary/aromatic N) is 5. The van der Waals surface area contributed by atoms with E-state index in [2.05, 4.69) is 10.2 Å². The van der Waals surface area contributed by atoms with Gasteiger partial charge in [0.2, 0.25) is 15.9 Å². The van der Waals surface area contributed by atoms with Crippen LogP contribution in [0.2, 0.25) is 10.0 Å². The molecule has 0 radical (unpaired) electrons. The van der Waals surface area contributed by atoms with E-state index in [4.69, 9.17) is 37.5 Å². The minimum absolute atomic E-state index is 0.0448. The number of para-hydroxylation sites is 1. The van der Waals surface area contributed by atoms with Crippen LogP contribution in [0.15, 0.2) is 52.9 Å². The third-order valence-electron chi connectivity index (χ3n) is 6.16. The molecular weight excluding hydrogens is 525 g/mol. The van der Waals surface area contributed by atoms with Crippen LogP contribution in [0.1, 0.15) is 24.7 Å². The van der Waals surface area contributed by atoms with E-state index >= 15 is 0 Å². The summed E-state index contributed by atoms with van der Waals surface area (Å²) in [6, 6.07) is 14.7. The Morgan fingerprint density at radius 2 is 1.72 bits per heavy atom. The Balaban J connectivity index is 1.56. The molecule has 0 N–H and O–H groups in total. The highest BCUT2D eigenvalue weighted by atomic mass is 35.5. The minimum Gasteiger partial charge on any atom is -0.492 e. The van der Waals surface area contributed by atoms with Crippen molar-refractivity contribution < 1.29 is 17.6 Å². The summed E-state index contributed by atoms with van der Waals surface area (Å²) >= 11 is 12.6. The van der Waals surface area contributed by atoms with Gasteiger partial charge in [-0.2, -0.15) is 5.10 Å². The van der Waals surface area contributed by atoms with Gasteiger partial charge in [0.05, 0.1) is 24.1 Å². The molecule has 0 spiro atoms. The standard InChI is InChI=1S/C24H23Cl2N5O4S/c1-34-22-20(24-28-27-23(35-24)16-11-13-30(14-12-16)36(2,32)33)29-31(19-6-4-3-5-18(19)26)21(22)15-7-9-17(25)10-8-15/h3-10,16H,11-14H2,1-2H3. The maximum absolute atomic E-state index is 11.8. The van der Waals surface area contributed by atoms with Crippen LogP contribution < -0.4 is 4.74 Å². The molecule has 0 unspecified atom stereocenters. The Kier molecular flexibility index (Phi) is 6.78. The molecule has 9 nitrogen and oxygen atoms in total. The Hall–Kier alpha value is -2.92. The van der Waals surface area contributed by atoms with Gasteiger partial charge in [0.15, 0.2) is 11.4 Å². The molecule has 0 aliphatic carbocycles. The topological polar surface area (TPSA) is 103 Å². The monoisotopic (exact) mass is 547 g/mol. The number of hydrogen-bond acceptors (Lipinski definition) is 7. The molecule has 188 valence electrons. The van der Waals surface area contributed by atoms with Crippen molar-refractivity contribution in [1.29, 1.82) is 0 Å². The summed E-state index contributed by atoms with van der Waals surface area (Å²) in [6.45, 7) is 0.818. The first kappa shape index (κ1) is 24.8. The number of ether oxygens (including phenoxy) is 1. The molecular formula is C24H23Cl2N5O4S. The molecule has 1 fully saturated rings. The number of piperidine rings is 1. The number of sulfonamides is 1. The third-order valence-corrected chi connectivity index (χ3v) is 8.03. The van der Waals surface area contributed by atoms with Gasteiger partial charge in [-0.05, 0) is 37.1 Å². The lowest BCUT2D eigenvalue weighted by Crippen LogP contribution is -2.37. The second-order valence-electron chi connectivity index (χ2n) is 8.48. The van der Waals surface area contributed by atoms with Crippen LogP contribution >= 0.6 is 23.2 Å². The fourth-order valence-corrected chi connectivity index (χ4v) is 5.54. The van der Waals surface area contributed by atoms with Gasteiger partial charge in [-0.3, -0.25) is 0 Å². The van der Waals surface area contributed by atoms with E-state index in [0.29, 0.717) is 64.7 Å². The van der Waals surface area contributed by atoms with Gasteiger partial charge in [-0.1, -0.05) is 47.5 Å². The summed E-state index contributed by atoms with van der Waals surface area (Å²) in [5.74, 6) is 1.05. The lowest BCUT2D eigenvalue weighted by atomic mass is 9.98. The van der Waals surface area contributed by atoms with Gasteiger partial charge < -0.3 is 9.15 Å². The van der Waals surface area contributed by atoms with Crippen molar-refractivity contribution in [2.45, 2.75) is 18.8 Å². The van der Waals surface area contributed by atoms with Gasteiger partial charge >= 0.3 is 0 Å². The Morgan fingerprint density at radius 3 is 2.36 bits per heavy atom. The molecule has 1 aliphatic heterocycles. The molecule has 0 saturated carbocycles. The van der Waals surface area contributed by atoms with Crippen LogP contribution in [0.25, 0.3) is 28.5 Å². The number of aromatic nitrogens is 4. The highest BCUT2D eigenvalue weighted by molar-refractivity contribution is 7.88. The van der Waals surface area contributed by atoms with E-state index in [-0.39, 0.29) is 11.8 Å². The fourth-order valence-electron chi connectivity index (χ4n) is 4.33. The molecule has 0 amide bonds. The first-order valence-electron chi connectivity index (χ1n) is 11.2. The SMILES string of the molecule is COc1c(-c2nnc(C3CCN(S(C)(=O)=O)CC3)o2)nn(-c2ccccc2Cl)c1-c1ccc(Cl)cc1. The number of methoxy groups -OCH3 is 1. The lowest BCUT2D eigenvalue weighted by molar-refractivity contribution is 0.292. The van der Waals surface area contributed by atoms with Gasteiger partial charge in [-0.25, -0.2) is 17.4 Å². The average molecular weight is 548 g/mol. The average Bonchev–Trinajstić information content (AvgIpc) is 3.49. The maximum atomic E-state index is 11.8. The molecule has 1 saturated heterocycles. The smallest absolute Gasteiger partial charge is 0.272 e. The molecule has 2 aromatic heterocycles. The van der Waals surface area contributed by atoms with Crippen molar-refractivity contribution in [3.63, 3.8) is 0 Å². The van der Waals surface area contributed by atoms with Gasteiger partial charge in [-0.15, -0.1) is 10.2 Å². The molecule has 12 heteroatoms. The van der Waals surface area contributed by atoms with Crippen LogP contribution in [-0.2, 0) is 10.0 Å². The summed E-state index contributed by atoms with van der Waals surface area (Å²) in [6.07, 6.45) is 2.41. The van der Waals surface area contributed by atoms with Crippen LogP contribution in [0.3, 0.4) is 0 Å². The van der Waals surface area contributed by atoms with E-state index in [9.17, 15) is 8.42 Å². The second kappa shape index (κ2) is 9.85. The quantitative estimate of drug-likeness (QED) is 0.333. The van der Waals surface area contributed by atoms with Crippen LogP contribution in [0.4, 0.5) is 0 Å². The van der Waals surface area contributed by atoms with Crippen molar-refractivity contribution in [1.82, 2.24) is 24.3 Å². The van der Waals surface area contributed by atoms with E-state index < -0.39 is 10.0 Å². The van der Waals surface area contributed by atoms with Crippen molar-refractivity contribution in [3.8, 4) is 34.3 Å². The predicted molar refractivity (Wildman–Crippen MR) is 137 cm³/mol. The van der Waals surface area contributed by atoms with Gasteiger partial charge in [0, 0.05) is 29.6 Å². The highest BCUT2D eigenvalue weighted by Crippen LogP contribution is 2.42. The zero-order valence-corrected chi connectivity index (χ0v) is 21.9. The maximum Gasteiger partial charge on any atom is 0.272 e. The van der Waals surface area contributed by atoms with Crippen molar-refractivity contribution >= 4 is 33.2 Å². The van der Waals surface area contributed by atoms with Crippen molar-refractivity contribution in [3.05, 3.63) is 64.5 Å². The Bertz CT molecular complexity index is 1490. The third kappa shape index (κ3) is 4.73. The number of hydrogen-bond donors (Lipinski definition) is 0. The number of benzene rings is 2. The molecule has 2 aromatic carbocycles. The lowest BCUT2D eigenvalue weighted by Gasteiger charge is -2.28. The van der Waals surface area contributed by atoms with Crippen molar-refractivity contribution in [2.24, 2.45) is 0 Å².